The van der Waals surface area contributed by atoms with Gasteiger partial charge in [0.25, 0.3) is 0 Å². The van der Waals surface area contributed by atoms with Gasteiger partial charge in [-0.25, -0.2) is 24.9 Å². The lowest BCUT2D eigenvalue weighted by atomic mass is 9.82. The first-order chi connectivity index (χ1) is 28.0. The van der Waals surface area contributed by atoms with Crippen molar-refractivity contribution in [3.8, 4) is 90.3 Å². The number of aromatic nitrogens is 5. The van der Waals surface area contributed by atoms with Gasteiger partial charge in [-0.2, -0.15) is 0 Å². The summed E-state index contributed by atoms with van der Waals surface area (Å²) in [6.07, 6.45) is 0. The predicted molar refractivity (Wildman–Crippen MR) is 231 cm³/mol. The number of nitrogens with zero attached hydrogens (tertiary/aromatic N) is 5. The third kappa shape index (κ3) is 6.39. The van der Waals surface area contributed by atoms with Gasteiger partial charge in [-0.1, -0.05) is 184 Å². The molecule has 0 aliphatic heterocycles. The van der Waals surface area contributed by atoms with Crippen molar-refractivity contribution in [2.75, 3.05) is 0 Å². The third-order valence-electron chi connectivity index (χ3n) is 11.0. The van der Waals surface area contributed by atoms with Gasteiger partial charge in [-0.15, -0.1) is 0 Å². The molecule has 1 aliphatic carbocycles. The third-order valence-corrected chi connectivity index (χ3v) is 11.0. The summed E-state index contributed by atoms with van der Waals surface area (Å²) in [4.78, 5) is 25.0. The molecule has 9 aromatic rings. The van der Waals surface area contributed by atoms with Gasteiger partial charge in [0.05, 0.1) is 11.4 Å². The van der Waals surface area contributed by atoms with E-state index in [0.29, 0.717) is 23.3 Å². The molecule has 5 nitrogen and oxygen atoms in total. The average Bonchev–Trinajstić information content (AvgIpc) is 3.52. The van der Waals surface area contributed by atoms with Crippen LogP contribution < -0.4 is 0 Å². The zero-order valence-corrected chi connectivity index (χ0v) is 31.6. The highest BCUT2D eigenvalue weighted by molar-refractivity contribution is 5.84. The normalized spacial score (nSPS) is 12.5. The standard InChI is InChI=1S/C52H37N5/c1-52(2)44-24-13-12-23-42(44)43-30-29-40(32-45(43)52)47-33-46(53-48(54-47)36-15-6-3-7-16-36)35-27-25-34(26-28-35)39-21-14-22-41(31-39)51-56-49(37-17-8-4-9-18-37)55-50(57-51)38-19-10-5-11-20-38/h3-33H,1-2H3. The molecule has 0 radical (unpaired) electrons. The van der Waals surface area contributed by atoms with Gasteiger partial charge < -0.3 is 0 Å². The molecule has 7 aromatic carbocycles. The zero-order chi connectivity index (χ0) is 38.3. The summed E-state index contributed by atoms with van der Waals surface area (Å²) < 4.78 is 0. The highest BCUT2D eigenvalue weighted by Crippen LogP contribution is 2.49. The smallest absolute Gasteiger partial charge is 0.164 e. The quantitative estimate of drug-likeness (QED) is 0.163. The number of hydrogen-bond acceptors (Lipinski definition) is 5. The Morgan fingerprint density at radius 2 is 0.719 bits per heavy atom. The number of hydrogen-bond donors (Lipinski definition) is 0. The van der Waals surface area contributed by atoms with E-state index >= 15 is 0 Å². The number of rotatable bonds is 7. The molecule has 10 rings (SSSR count). The van der Waals surface area contributed by atoms with Crippen molar-refractivity contribution in [3.05, 3.63) is 199 Å². The van der Waals surface area contributed by atoms with Crippen LogP contribution in [0.5, 0.6) is 0 Å². The lowest BCUT2D eigenvalue weighted by Crippen LogP contribution is -2.14. The van der Waals surface area contributed by atoms with Crippen LogP contribution in [0.1, 0.15) is 25.0 Å². The fourth-order valence-electron chi connectivity index (χ4n) is 7.93. The molecule has 2 aromatic heterocycles. The van der Waals surface area contributed by atoms with E-state index in [2.05, 4.69) is 123 Å². The highest BCUT2D eigenvalue weighted by atomic mass is 15.0. The Balaban J connectivity index is 1.01. The first kappa shape index (κ1) is 34.1. The van der Waals surface area contributed by atoms with Gasteiger partial charge in [-0.05, 0) is 51.6 Å². The SMILES string of the molecule is CC1(C)c2ccccc2-c2ccc(-c3cc(-c4ccc(-c5cccc(-c6nc(-c7ccccc7)nc(-c7ccccc7)n6)c5)cc4)nc(-c4ccccc4)n3)cc21. The van der Waals surface area contributed by atoms with E-state index in [1.807, 2.05) is 78.9 Å². The fraction of sp³-hybridized carbons (Fsp3) is 0.0577. The van der Waals surface area contributed by atoms with Gasteiger partial charge in [0.15, 0.2) is 23.3 Å². The van der Waals surface area contributed by atoms with E-state index in [0.717, 1.165) is 55.9 Å². The van der Waals surface area contributed by atoms with Crippen LogP contribution in [0, 0.1) is 0 Å². The number of benzene rings is 7. The average molecular weight is 732 g/mol. The van der Waals surface area contributed by atoms with Crippen LogP contribution in [0.25, 0.3) is 90.3 Å². The van der Waals surface area contributed by atoms with Crippen LogP contribution in [0.2, 0.25) is 0 Å². The van der Waals surface area contributed by atoms with Crippen molar-refractivity contribution < 1.29 is 0 Å². The molecule has 0 fully saturated rings. The van der Waals surface area contributed by atoms with E-state index in [9.17, 15) is 0 Å². The van der Waals surface area contributed by atoms with Crippen LogP contribution >= 0.6 is 0 Å². The second-order valence-electron chi connectivity index (χ2n) is 15.0. The van der Waals surface area contributed by atoms with Crippen LogP contribution in [0.4, 0.5) is 0 Å². The summed E-state index contributed by atoms with van der Waals surface area (Å²) in [5, 5.41) is 0. The van der Waals surface area contributed by atoms with E-state index in [-0.39, 0.29) is 5.41 Å². The molecule has 0 amide bonds. The molecule has 2 heterocycles. The van der Waals surface area contributed by atoms with Crippen LogP contribution in [-0.2, 0) is 5.41 Å². The molecule has 57 heavy (non-hydrogen) atoms. The van der Waals surface area contributed by atoms with E-state index < -0.39 is 0 Å². The summed E-state index contributed by atoms with van der Waals surface area (Å²) >= 11 is 0. The van der Waals surface area contributed by atoms with Crippen LogP contribution in [-0.4, -0.2) is 24.9 Å². The van der Waals surface area contributed by atoms with Crippen LogP contribution in [0.3, 0.4) is 0 Å². The molecular weight excluding hydrogens is 695 g/mol. The minimum atomic E-state index is -0.106. The van der Waals surface area contributed by atoms with Gasteiger partial charge in [0.2, 0.25) is 0 Å². The van der Waals surface area contributed by atoms with Crippen molar-refractivity contribution in [1.82, 2.24) is 24.9 Å². The van der Waals surface area contributed by atoms with E-state index in [1.54, 1.807) is 0 Å². The lowest BCUT2D eigenvalue weighted by molar-refractivity contribution is 0.660. The summed E-state index contributed by atoms with van der Waals surface area (Å²) in [5.74, 6) is 2.61. The van der Waals surface area contributed by atoms with Crippen molar-refractivity contribution in [2.45, 2.75) is 19.3 Å². The van der Waals surface area contributed by atoms with E-state index in [1.165, 1.54) is 22.3 Å². The summed E-state index contributed by atoms with van der Waals surface area (Å²) in [7, 11) is 0. The molecule has 5 heteroatoms. The molecule has 0 bridgehead atoms. The Kier molecular flexibility index (Phi) is 8.41. The Hall–Kier alpha value is -7.37. The number of fused-ring (bicyclic) bond motifs is 3. The predicted octanol–water partition coefficient (Wildman–Crippen LogP) is 12.6. The fourth-order valence-corrected chi connectivity index (χ4v) is 7.93. The molecular formula is C52H37N5. The first-order valence-electron chi connectivity index (χ1n) is 19.3. The Bertz CT molecular complexity index is 2850. The Labute approximate surface area is 332 Å². The monoisotopic (exact) mass is 731 g/mol. The zero-order valence-electron chi connectivity index (χ0n) is 31.6. The largest absolute Gasteiger partial charge is 0.228 e. The minimum absolute atomic E-state index is 0.106. The van der Waals surface area contributed by atoms with Gasteiger partial charge in [-0.3, -0.25) is 0 Å². The maximum Gasteiger partial charge on any atom is 0.164 e. The highest BCUT2D eigenvalue weighted by Gasteiger charge is 2.35. The van der Waals surface area contributed by atoms with Crippen molar-refractivity contribution in [1.29, 1.82) is 0 Å². The molecule has 270 valence electrons. The molecule has 1 aliphatic rings. The van der Waals surface area contributed by atoms with Crippen molar-refractivity contribution >= 4 is 0 Å². The van der Waals surface area contributed by atoms with Gasteiger partial charge in [0, 0.05) is 38.8 Å². The van der Waals surface area contributed by atoms with Gasteiger partial charge >= 0.3 is 0 Å². The van der Waals surface area contributed by atoms with Crippen LogP contribution in [0.15, 0.2) is 188 Å². The summed E-state index contributed by atoms with van der Waals surface area (Å²) in [6, 6.07) is 65.0. The molecule has 0 atom stereocenters. The topological polar surface area (TPSA) is 64.5 Å². The lowest BCUT2D eigenvalue weighted by Gasteiger charge is -2.22. The van der Waals surface area contributed by atoms with E-state index in [4.69, 9.17) is 24.9 Å². The summed E-state index contributed by atoms with van der Waals surface area (Å²) in [6.45, 7) is 4.63. The molecule has 0 unspecified atom stereocenters. The maximum absolute atomic E-state index is 5.15. The second-order valence-corrected chi connectivity index (χ2v) is 15.0. The Morgan fingerprint density at radius 1 is 0.281 bits per heavy atom. The molecule has 0 N–H and O–H groups in total. The molecule has 0 spiro atoms. The maximum atomic E-state index is 5.15. The molecule has 0 saturated carbocycles. The summed E-state index contributed by atoms with van der Waals surface area (Å²) in [5.41, 5.74) is 15.0. The first-order valence-corrected chi connectivity index (χ1v) is 19.3. The second kappa shape index (κ2) is 14.0. The molecule has 0 saturated heterocycles. The van der Waals surface area contributed by atoms with Crippen molar-refractivity contribution in [2.24, 2.45) is 0 Å². The minimum Gasteiger partial charge on any atom is -0.228 e. The van der Waals surface area contributed by atoms with Crippen molar-refractivity contribution in [3.63, 3.8) is 0 Å². The Morgan fingerprint density at radius 3 is 1.33 bits per heavy atom. The van der Waals surface area contributed by atoms with Gasteiger partial charge in [0.1, 0.15) is 0 Å².